The predicted octanol–water partition coefficient (Wildman–Crippen LogP) is 5.83. The molecule has 0 radical (unpaired) electrons. The zero-order valence-corrected chi connectivity index (χ0v) is 34.5. The van der Waals surface area contributed by atoms with Gasteiger partial charge in [0, 0.05) is 35.2 Å². The monoisotopic (exact) mass is 806 g/mol. The van der Waals surface area contributed by atoms with Gasteiger partial charge >= 0.3 is 12.1 Å². The molecule has 308 valence electrons. The number of nitrogens with one attached hydrogen (secondary N) is 3. The molecule has 1 saturated heterocycles. The minimum atomic E-state index is -1.25. The maximum Gasteiger partial charge on any atom is 0.413 e. The van der Waals surface area contributed by atoms with E-state index in [2.05, 4.69) is 27.5 Å². The molecule has 3 amide bonds. The molecule has 2 aromatic heterocycles. The summed E-state index contributed by atoms with van der Waals surface area (Å²) in [7, 11) is 2.85. The lowest BCUT2D eigenvalue weighted by Crippen LogP contribution is -2.58. The highest BCUT2D eigenvalue weighted by Gasteiger charge is 2.62. The Kier molecular flexibility index (Phi) is 12.7. The summed E-state index contributed by atoms with van der Waals surface area (Å²) >= 11 is 1.22. The Bertz CT molecular complexity index is 1970. The van der Waals surface area contributed by atoms with Crippen molar-refractivity contribution in [1.82, 2.24) is 25.5 Å². The van der Waals surface area contributed by atoms with Crippen LogP contribution in [0.2, 0.25) is 0 Å². The number of rotatable bonds is 15. The van der Waals surface area contributed by atoms with E-state index in [0.29, 0.717) is 45.3 Å². The molecule has 3 heterocycles. The third-order valence-corrected chi connectivity index (χ3v) is 11.4. The minimum Gasteiger partial charge on any atom is -0.497 e. The summed E-state index contributed by atoms with van der Waals surface area (Å²) in [5.41, 5.74) is -0.276. The van der Waals surface area contributed by atoms with Gasteiger partial charge in [0.15, 0.2) is 5.13 Å². The lowest BCUT2D eigenvalue weighted by Gasteiger charge is -2.36. The van der Waals surface area contributed by atoms with Crippen molar-refractivity contribution >= 4 is 51.2 Å². The standard InChI is InChI=1S/C41H54N6O9S/c1-9-24-19-41(24,37(50)53-8)46-35(48)32-17-27(20-47(32)36(49)34(40(4,5)6)42-22-54-25-12-10-11-13-25)56-33-18-30(43-29-16-26(52-7)14-15-28(29)33)31-21-57-38(44-31)45-39(51)55-23(2)3/h9,14-16,18,21,23-25,27,32,34,42H,1,10-13,17,19-20,22H2,2-8H3,(H,46,48)(H,44,45,51)/t24?,27-,32+,34-,41-/m1/s1. The molecular formula is C41H54N6O9S. The predicted molar refractivity (Wildman–Crippen MR) is 215 cm³/mol. The summed E-state index contributed by atoms with van der Waals surface area (Å²) in [5.74, 6) is -0.596. The number of pyridine rings is 1. The van der Waals surface area contributed by atoms with Gasteiger partial charge in [0.05, 0.1) is 57.0 Å². The van der Waals surface area contributed by atoms with Crippen molar-refractivity contribution < 1.29 is 42.9 Å². The molecule has 3 fully saturated rings. The molecule has 2 saturated carbocycles. The van der Waals surface area contributed by atoms with Crippen LogP contribution in [0.5, 0.6) is 11.5 Å². The third-order valence-electron chi connectivity index (χ3n) is 10.7. The number of likely N-dealkylation sites (tertiary alicyclic amines) is 1. The van der Waals surface area contributed by atoms with E-state index in [1.54, 1.807) is 55.5 Å². The van der Waals surface area contributed by atoms with Gasteiger partial charge in [0.25, 0.3) is 0 Å². The van der Waals surface area contributed by atoms with Crippen LogP contribution in [0.3, 0.4) is 0 Å². The van der Waals surface area contributed by atoms with Gasteiger partial charge in [-0.1, -0.05) is 39.7 Å². The number of anilines is 1. The van der Waals surface area contributed by atoms with E-state index in [-0.39, 0.29) is 43.7 Å². The van der Waals surface area contributed by atoms with Crippen LogP contribution in [-0.4, -0.2) is 102 Å². The summed E-state index contributed by atoms with van der Waals surface area (Å²) in [4.78, 5) is 65.2. The van der Waals surface area contributed by atoms with E-state index in [0.717, 1.165) is 25.7 Å². The average Bonchev–Trinajstić information content (AvgIpc) is 3.60. The second kappa shape index (κ2) is 17.4. The molecule has 16 heteroatoms. The molecule has 57 heavy (non-hydrogen) atoms. The lowest BCUT2D eigenvalue weighted by atomic mass is 9.85. The van der Waals surface area contributed by atoms with Gasteiger partial charge in [-0.2, -0.15) is 0 Å². The fraction of sp³-hybridized carbons (Fsp3) is 0.561. The number of esters is 1. The Hall–Kier alpha value is -4.80. The first kappa shape index (κ1) is 41.8. The highest BCUT2D eigenvalue weighted by molar-refractivity contribution is 7.14. The molecule has 2 aliphatic carbocycles. The lowest BCUT2D eigenvalue weighted by molar-refractivity contribution is -0.148. The van der Waals surface area contributed by atoms with Crippen molar-refractivity contribution in [3.05, 3.63) is 42.3 Å². The van der Waals surface area contributed by atoms with Gasteiger partial charge in [-0.25, -0.2) is 19.6 Å². The van der Waals surface area contributed by atoms with Crippen LogP contribution in [-0.2, 0) is 28.6 Å². The van der Waals surface area contributed by atoms with Gasteiger partial charge in [-0.15, -0.1) is 17.9 Å². The number of benzene rings is 1. The number of fused-ring (bicyclic) bond motifs is 1. The Morgan fingerprint density at radius 2 is 1.82 bits per heavy atom. The van der Waals surface area contributed by atoms with Crippen molar-refractivity contribution in [1.29, 1.82) is 0 Å². The molecular weight excluding hydrogens is 753 g/mol. The number of nitrogens with zero attached hydrogens (tertiary/aromatic N) is 3. The molecule has 1 aliphatic heterocycles. The van der Waals surface area contributed by atoms with Crippen molar-refractivity contribution in [3.8, 4) is 22.9 Å². The molecule has 15 nitrogen and oxygen atoms in total. The largest absolute Gasteiger partial charge is 0.497 e. The van der Waals surface area contributed by atoms with Gasteiger partial charge in [-0.05, 0) is 50.7 Å². The summed E-state index contributed by atoms with van der Waals surface area (Å²) in [6.45, 7) is 13.5. The van der Waals surface area contributed by atoms with Crippen molar-refractivity contribution in [2.24, 2.45) is 11.3 Å². The maximum atomic E-state index is 14.7. The van der Waals surface area contributed by atoms with E-state index >= 15 is 0 Å². The van der Waals surface area contributed by atoms with Gasteiger partial charge in [0.1, 0.15) is 34.9 Å². The van der Waals surface area contributed by atoms with Gasteiger partial charge in [-0.3, -0.25) is 20.2 Å². The van der Waals surface area contributed by atoms with Crippen LogP contribution in [0.1, 0.15) is 73.1 Å². The number of methoxy groups -OCH3 is 2. The summed E-state index contributed by atoms with van der Waals surface area (Å²) in [6.07, 6.45) is 4.94. The fourth-order valence-corrected chi connectivity index (χ4v) is 8.28. The van der Waals surface area contributed by atoms with Crippen molar-refractivity contribution in [3.63, 3.8) is 0 Å². The third kappa shape index (κ3) is 9.50. The van der Waals surface area contributed by atoms with E-state index in [9.17, 15) is 19.2 Å². The smallest absolute Gasteiger partial charge is 0.413 e. The van der Waals surface area contributed by atoms with Gasteiger partial charge < -0.3 is 33.9 Å². The second-order valence-corrected chi connectivity index (χ2v) is 17.1. The Morgan fingerprint density at radius 1 is 1.07 bits per heavy atom. The van der Waals surface area contributed by atoms with Crippen LogP contribution in [0.15, 0.2) is 42.3 Å². The molecule has 3 aliphatic rings. The Morgan fingerprint density at radius 3 is 2.47 bits per heavy atom. The Balaban J connectivity index is 1.30. The van der Waals surface area contributed by atoms with Gasteiger partial charge in [0.2, 0.25) is 11.8 Å². The molecule has 1 aromatic carbocycles. The molecule has 3 aromatic rings. The zero-order chi connectivity index (χ0) is 41.1. The SMILES string of the molecule is C=CC1C[C@]1(NC(=O)[C@@H]1C[C@@H](Oc2cc(-c3csc(NC(=O)OC(C)C)n3)nc3cc(OC)ccc23)CN1C(=O)[C@@H](NCOC1CCCC1)C(C)(C)C)C(=O)OC. The van der Waals surface area contributed by atoms with E-state index < -0.39 is 47.1 Å². The summed E-state index contributed by atoms with van der Waals surface area (Å²) < 4.78 is 28.6. The van der Waals surface area contributed by atoms with E-state index in [1.165, 1.54) is 18.4 Å². The summed E-state index contributed by atoms with van der Waals surface area (Å²) in [5, 5.41) is 11.7. The molecule has 5 atom stereocenters. The number of hydrogen-bond donors (Lipinski definition) is 3. The normalized spacial score (nSPS) is 22.6. The van der Waals surface area contributed by atoms with Crippen molar-refractivity contribution in [2.75, 3.05) is 32.8 Å². The minimum absolute atomic E-state index is 0.0861. The number of aromatic nitrogens is 2. The maximum absolute atomic E-state index is 14.7. The Labute approximate surface area is 337 Å². The van der Waals surface area contributed by atoms with E-state index in [1.807, 2.05) is 26.8 Å². The molecule has 0 bridgehead atoms. The number of hydrogen-bond acceptors (Lipinski definition) is 13. The first-order valence-corrected chi connectivity index (χ1v) is 20.3. The second-order valence-electron chi connectivity index (χ2n) is 16.2. The zero-order valence-electron chi connectivity index (χ0n) is 33.7. The molecule has 1 unspecified atom stereocenters. The number of carbonyl (C=O) groups excluding carboxylic acids is 4. The van der Waals surface area contributed by atoms with Crippen LogP contribution in [0, 0.1) is 11.3 Å². The van der Waals surface area contributed by atoms with Crippen LogP contribution in [0.4, 0.5) is 9.93 Å². The van der Waals surface area contributed by atoms with Crippen molar-refractivity contribution in [2.45, 2.75) is 109 Å². The fourth-order valence-electron chi connectivity index (χ4n) is 7.59. The number of thiazole rings is 1. The first-order chi connectivity index (χ1) is 27.1. The highest BCUT2D eigenvalue weighted by Crippen LogP contribution is 2.46. The van der Waals surface area contributed by atoms with Crippen LogP contribution < -0.4 is 25.4 Å². The van der Waals surface area contributed by atoms with Crippen LogP contribution >= 0.6 is 11.3 Å². The molecule has 6 rings (SSSR count). The van der Waals surface area contributed by atoms with Crippen LogP contribution in [0.25, 0.3) is 22.3 Å². The number of carbonyl (C=O) groups is 4. The topological polar surface area (TPSA) is 180 Å². The quantitative estimate of drug-likeness (QED) is 0.0953. The summed E-state index contributed by atoms with van der Waals surface area (Å²) in [6, 6.07) is 5.50. The first-order valence-electron chi connectivity index (χ1n) is 19.4. The molecule has 3 N–H and O–H groups in total. The molecule has 0 spiro atoms. The average molecular weight is 807 g/mol. The van der Waals surface area contributed by atoms with E-state index in [4.69, 9.17) is 28.7 Å². The number of ether oxygens (including phenoxy) is 5. The highest BCUT2D eigenvalue weighted by atomic mass is 32.1. The number of amides is 3.